The monoisotopic (exact) mass is 416 g/mol. The number of aliphatic imine (C=N–C) groups is 1. The van der Waals surface area contributed by atoms with Crippen LogP contribution in [0.2, 0.25) is 0 Å². The SMILES string of the molecule is CCNC(=NCc1ccc(C)cc1OCCOCC)NCCNC(=O)c1ccco1. The molecule has 30 heavy (non-hydrogen) atoms. The zero-order valence-corrected chi connectivity index (χ0v) is 18.0. The van der Waals surface area contributed by atoms with Gasteiger partial charge >= 0.3 is 0 Å². The highest BCUT2D eigenvalue weighted by atomic mass is 16.5. The number of rotatable bonds is 12. The predicted molar refractivity (Wildman–Crippen MR) is 117 cm³/mol. The molecular weight excluding hydrogens is 384 g/mol. The fourth-order valence-corrected chi connectivity index (χ4v) is 2.64. The van der Waals surface area contributed by atoms with Crippen LogP contribution < -0.4 is 20.7 Å². The van der Waals surface area contributed by atoms with Crippen LogP contribution in [0.25, 0.3) is 0 Å². The van der Waals surface area contributed by atoms with Crippen LogP contribution in [-0.2, 0) is 11.3 Å². The van der Waals surface area contributed by atoms with Crippen molar-refractivity contribution in [3.05, 3.63) is 53.5 Å². The van der Waals surface area contributed by atoms with E-state index in [-0.39, 0.29) is 5.91 Å². The minimum atomic E-state index is -0.239. The Kier molecular flexibility index (Phi) is 10.3. The summed E-state index contributed by atoms with van der Waals surface area (Å²) in [5.41, 5.74) is 2.13. The zero-order chi connectivity index (χ0) is 21.6. The van der Waals surface area contributed by atoms with E-state index in [1.54, 1.807) is 12.1 Å². The number of ether oxygens (including phenoxy) is 2. The largest absolute Gasteiger partial charge is 0.491 e. The van der Waals surface area contributed by atoms with Gasteiger partial charge in [-0.05, 0) is 44.5 Å². The Morgan fingerprint density at radius 3 is 2.67 bits per heavy atom. The average molecular weight is 417 g/mol. The van der Waals surface area contributed by atoms with Crippen LogP contribution in [0, 0.1) is 6.92 Å². The van der Waals surface area contributed by atoms with Crippen molar-refractivity contribution in [3.63, 3.8) is 0 Å². The Balaban J connectivity index is 1.87. The van der Waals surface area contributed by atoms with Crippen molar-refractivity contribution in [2.24, 2.45) is 4.99 Å². The lowest BCUT2D eigenvalue weighted by Crippen LogP contribution is -2.41. The lowest BCUT2D eigenvalue weighted by Gasteiger charge is -2.14. The molecule has 2 rings (SSSR count). The number of nitrogens with one attached hydrogen (secondary N) is 3. The molecule has 0 unspecified atom stereocenters. The normalized spacial score (nSPS) is 11.2. The smallest absolute Gasteiger partial charge is 0.287 e. The molecular formula is C22H32N4O4. The summed E-state index contributed by atoms with van der Waals surface area (Å²) >= 11 is 0. The van der Waals surface area contributed by atoms with Crippen LogP contribution in [0.3, 0.4) is 0 Å². The van der Waals surface area contributed by atoms with Crippen LogP contribution >= 0.6 is 0 Å². The minimum Gasteiger partial charge on any atom is -0.491 e. The number of guanidine groups is 1. The number of aryl methyl sites for hydroxylation is 1. The second-order valence-electron chi connectivity index (χ2n) is 6.51. The number of carbonyl (C=O) groups is 1. The molecule has 0 fully saturated rings. The Morgan fingerprint density at radius 2 is 1.93 bits per heavy atom. The Morgan fingerprint density at radius 1 is 1.10 bits per heavy atom. The van der Waals surface area contributed by atoms with E-state index < -0.39 is 0 Å². The molecule has 0 saturated carbocycles. The maximum Gasteiger partial charge on any atom is 0.287 e. The third-order valence-corrected chi connectivity index (χ3v) is 4.11. The molecule has 0 radical (unpaired) electrons. The van der Waals surface area contributed by atoms with Gasteiger partial charge in [0.25, 0.3) is 5.91 Å². The topological polar surface area (TPSA) is 97.1 Å². The summed E-state index contributed by atoms with van der Waals surface area (Å²) in [6, 6.07) is 9.40. The zero-order valence-electron chi connectivity index (χ0n) is 18.0. The van der Waals surface area contributed by atoms with E-state index in [2.05, 4.69) is 20.9 Å². The number of nitrogens with zero attached hydrogens (tertiary/aromatic N) is 1. The predicted octanol–water partition coefficient (Wildman–Crippen LogP) is 2.49. The van der Waals surface area contributed by atoms with Gasteiger partial charge in [0.2, 0.25) is 0 Å². The highest BCUT2D eigenvalue weighted by Crippen LogP contribution is 2.21. The molecule has 1 aromatic carbocycles. The van der Waals surface area contributed by atoms with E-state index in [1.807, 2.05) is 39.0 Å². The maximum atomic E-state index is 11.9. The van der Waals surface area contributed by atoms with Gasteiger partial charge in [0.1, 0.15) is 12.4 Å². The third-order valence-electron chi connectivity index (χ3n) is 4.11. The van der Waals surface area contributed by atoms with Crippen molar-refractivity contribution in [2.45, 2.75) is 27.3 Å². The number of hydrogen-bond donors (Lipinski definition) is 3. The lowest BCUT2D eigenvalue weighted by molar-refractivity contribution is 0.0926. The number of carbonyl (C=O) groups excluding carboxylic acids is 1. The molecule has 0 aliphatic heterocycles. The molecule has 2 aromatic rings. The van der Waals surface area contributed by atoms with Gasteiger partial charge in [-0.1, -0.05) is 12.1 Å². The van der Waals surface area contributed by atoms with Gasteiger partial charge in [0.05, 0.1) is 19.4 Å². The van der Waals surface area contributed by atoms with E-state index in [1.165, 1.54) is 6.26 Å². The molecule has 0 saturated heterocycles. The van der Waals surface area contributed by atoms with Crippen molar-refractivity contribution in [3.8, 4) is 5.75 Å². The molecule has 0 aliphatic rings. The number of benzene rings is 1. The quantitative estimate of drug-likeness (QED) is 0.279. The van der Waals surface area contributed by atoms with Crippen LogP contribution in [0.1, 0.15) is 35.5 Å². The van der Waals surface area contributed by atoms with E-state index in [9.17, 15) is 4.79 Å². The van der Waals surface area contributed by atoms with Gasteiger partial charge in [-0.2, -0.15) is 0 Å². The molecule has 1 amide bonds. The van der Waals surface area contributed by atoms with E-state index in [0.717, 1.165) is 23.4 Å². The molecule has 8 heteroatoms. The van der Waals surface area contributed by atoms with Gasteiger partial charge in [-0.3, -0.25) is 4.79 Å². The first-order valence-corrected chi connectivity index (χ1v) is 10.3. The highest BCUT2D eigenvalue weighted by molar-refractivity contribution is 5.91. The first-order chi connectivity index (χ1) is 14.6. The van der Waals surface area contributed by atoms with E-state index in [0.29, 0.717) is 51.2 Å². The first-order valence-electron chi connectivity index (χ1n) is 10.3. The molecule has 0 aliphatic carbocycles. The van der Waals surface area contributed by atoms with Gasteiger partial charge in [-0.25, -0.2) is 4.99 Å². The third kappa shape index (κ3) is 8.16. The standard InChI is InChI=1S/C22H32N4O4/c1-4-23-22(25-11-10-24-21(27)19-7-6-12-29-19)26-16-18-9-8-17(3)15-20(18)30-14-13-28-5-2/h6-9,12,15H,4-5,10-11,13-14,16H2,1-3H3,(H,24,27)(H2,23,25,26). The second-order valence-corrected chi connectivity index (χ2v) is 6.51. The molecule has 0 spiro atoms. The summed E-state index contributed by atoms with van der Waals surface area (Å²) < 4.78 is 16.3. The van der Waals surface area contributed by atoms with Crippen molar-refractivity contribution in [1.82, 2.24) is 16.0 Å². The second kappa shape index (κ2) is 13.3. The van der Waals surface area contributed by atoms with E-state index >= 15 is 0 Å². The molecule has 1 heterocycles. The summed E-state index contributed by atoms with van der Waals surface area (Å²) in [5, 5.41) is 9.22. The van der Waals surface area contributed by atoms with Crippen molar-refractivity contribution in [2.75, 3.05) is 39.5 Å². The summed E-state index contributed by atoms with van der Waals surface area (Å²) in [7, 11) is 0. The van der Waals surface area contributed by atoms with Gasteiger partial charge in [0.15, 0.2) is 11.7 Å². The average Bonchev–Trinajstić information content (AvgIpc) is 3.28. The van der Waals surface area contributed by atoms with Gasteiger partial charge in [0, 0.05) is 31.8 Å². The Labute approximate surface area is 178 Å². The first kappa shape index (κ1) is 23.3. The molecule has 3 N–H and O–H groups in total. The molecule has 8 nitrogen and oxygen atoms in total. The number of hydrogen-bond acceptors (Lipinski definition) is 5. The number of furan rings is 1. The molecule has 0 bridgehead atoms. The van der Waals surface area contributed by atoms with Crippen LogP contribution in [0.4, 0.5) is 0 Å². The van der Waals surface area contributed by atoms with Crippen molar-refractivity contribution < 1.29 is 18.7 Å². The fraction of sp³-hybridized carbons (Fsp3) is 0.455. The summed E-state index contributed by atoms with van der Waals surface area (Å²) in [6.07, 6.45) is 1.48. The summed E-state index contributed by atoms with van der Waals surface area (Å²) in [4.78, 5) is 16.5. The van der Waals surface area contributed by atoms with E-state index in [4.69, 9.17) is 13.9 Å². The maximum absolute atomic E-state index is 11.9. The van der Waals surface area contributed by atoms with Crippen molar-refractivity contribution >= 4 is 11.9 Å². The Bertz CT molecular complexity index is 790. The molecule has 0 atom stereocenters. The molecule has 1 aromatic heterocycles. The van der Waals surface area contributed by atoms with Crippen molar-refractivity contribution in [1.29, 1.82) is 0 Å². The van der Waals surface area contributed by atoms with Crippen LogP contribution in [-0.4, -0.2) is 51.3 Å². The van der Waals surface area contributed by atoms with Crippen LogP contribution in [0.5, 0.6) is 5.75 Å². The fourth-order valence-electron chi connectivity index (χ4n) is 2.64. The highest BCUT2D eigenvalue weighted by Gasteiger charge is 2.08. The van der Waals surface area contributed by atoms with Crippen LogP contribution in [0.15, 0.2) is 46.0 Å². The molecule has 164 valence electrons. The Hall–Kier alpha value is -3.00. The summed E-state index contributed by atoms with van der Waals surface area (Å²) in [6.45, 7) is 9.91. The van der Waals surface area contributed by atoms with Gasteiger partial charge < -0.3 is 29.8 Å². The van der Waals surface area contributed by atoms with Gasteiger partial charge in [-0.15, -0.1) is 0 Å². The number of amides is 1. The lowest BCUT2D eigenvalue weighted by atomic mass is 10.1. The minimum absolute atomic E-state index is 0.239. The summed E-state index contributed by atoms with van der Waals surface area (Å²) in [5.74, 6) is 1.55.